The number of amides is 2. The third kappa shape index (κ3) is 9.90. The summed E-state index contributed by atoms with van der Waals surface area (Å²) in [6.07, 6.45) is 2.35. The molecule has 5 rings (SSSR count). The lowest BCUT2D eigenvalue weighted by molar-refractivity contribution is -0.132. The van der Waals surface area contributed by atoms with E-state index >= 15 is 0 Å². The van der Waals surface area contributed by atoms with E-state index in [0.717, 1.165) is 49.3 Å². The van der Waals surface area contributed by atoms with Crippen molar-refractivity contribution in [2.75, 3.05) is 44.3 Å². The van der Waals surface area contributed by atoms with Crippen LogP contribution < -0.4 is 14.4 Å². The maximum atomic E-state index is 14.0. The summed E-state index contributed by atoms with van der Waals surface area (Å²) in [6, 6.07) is 32.0. The number of para-hydroxylation sites is 3. The van der Waals surface area contributed by atoms with E-state index in [1.165, 1.54) is 11.6 Å². The molecular formula is C39H44FN3O4. The molecule has 7 nitrogen and oxygen atoms in total. The van der Waals surface area contributed by atoms with Gasteiger partial charge in [0.2, 0.25) is 5.91 Å². The molecule has 2 amide bonds. The van der Waals surface area contributed by atoms with Crippen molar-refractivity contribution in [1.82, 2.24) is 9.80 Å². The standard InChI is InChI=1S/C39H44FN3O4/c1-31-14-10-17-33-29-42(37(44)22-11-27-46-36-21-9-8-20-35(36)40)25-12-23-41(28-32-15-4-2-5-16-32)24-13-26-43(39(31)33)38(45)30-47-34-18-6-3-7-19-34/h2-10,14-21H,11-13,22-30H2,1H3. The number of nitrogens with zero attached hydrogens (tertiary/aromatic N) is 3. The number of hydrogen-bond acceptors (Lipinski definition) is 5. The lowest BCUT2D eigenvalue weighted by atomic mass is 10.0. The van der Waals surface area contributed by atoms with Gasteiger partial charge in [0.25, 0.3) is 5.91 Å². The van der Waals surface area contributed by atoms with Crippen LogP contribution in [0.25, 0.3) is 0 Å². The molecule has 4 aromatic rings. The van der Waals surface area contributed by atoms with Crippen molar-refractivity contribution in [1.29, 1.82) is 0 Å². The average molecular weight is 638 g/mol. The fourth-order valence-corrected chi connectivity index (χ4v) is 6.01. The summed E-state index contributed by atoms with van der Waals surface area (Å²) < 4.78 is 25.5. The maximum Gasteiger partial charge on any atom is 0.264 e. The van der Waals surface area contributed by atoms with E-state index in [1.54, 1.807) is 18.2 Å². The Balaban J connectivity index is 1.35. The number of benzene rings is 4. The van der Waals surface area contributed by atoms with E-state index < -0.39 is 5.82 Å². The average Bonchev–Trinajstić information content (AvgIpc) is 3.08. The highest BCUT2D eigenvalue weighted by atomic mass is 19.1. The van der Waals surface area contributed by atoms with Crippen molar-refractivity contribution in [2.24, 2.45) is 0 Å². The Morgan fingerprint density at radius 2 is 1.45 bits per heavy atom. The minimum Gasteiger partial charge on any atom is -0.491 e. The van der Waals surface area contributed by atoms with Gasteiger partial charge >= 0.3 is 0 Å². The van der Waals surface area contributed by atoms with Gasteiger partial charge in [-0.1, -0.05) is 78.9 Å². The Morgan fingerprint density at radius 3 is 2.21 bits per heavy atom. The number of aryl methyl sites for hydroxylation is 1. The van der Waals surface area contributed by atoms with Crippen LogP contribution in [0.3, 0.4) is 0 Å². The number of carbonyl (C=O) groups excluding carboxylic acids is 2. The topological polar surface area (TPSA) is 62.3 Å². The predicted octanol–water partition coefficient (Wildman–Crippen LogP) is 7.03. The lowest BCUT2D eigenvalue weighted by Gasteiger charge is -2.32. The van der Waals surface area contributed by atoms with Gasteiger partial charge < -0.3 is 19.3 Å². The molecule has 8 heteroatoms. The highest BCUT2D eigenvalue weighted by Gasteiger charge is 2.25. The van der Waals surface area contributed by atoms with E-state index in [0.29, 0.717) is 31.8 Å². The second kappa shape index (κ2) is 17.3. The zero-order chi connectivity index (χ0) is 32.8. The van der Waals surface area contributed by atoms with Crippen LogP contribution in [0.15, 0.2) is 103 Å². The summed E-state index contributed by atoms with van der Waals surface area (Å²) in [5.41, 5.74) is 3.97. The minimum absolute atomic E-state index is 0.00606. The van der Waals surface area contributed by atoms with Gasteiger partial charge in [0.05, 0.1) is 12.3 Å². The summed E-state index contributed by atoms with van der Waals surface area (Å²) >= 11 is 0. The van der Waals surface area contributed by atoms with Crippen LogP contribution >= 0.6 is 0 Å². The quantitative estimate of drug-likeness (QED) is 0.175. The van der Waals surface area contributed by atoms with Crippen LogP contribution in [0.2, 0.25) is 0 Å². The number of ether oxygens (including phenoxy) is 2. The molecule has 246 valence electrons. The van der Waals surface area contributed by atoms with Gasteiger partial charge in [-0.3, -0.25) is 14.5 Å². The maximum absolute atomic E-state index is 14.0. The minimum atomic E-state index is -0.415. The molecule has 0 aromatic heterocycles. The first-order chi connectivity index (χ1) is 23.0. The summed E-state index contributed by atoms with van der Waals surface area (Å²) in [5.74, 6) is 0.299. The molecular weight excluding hydrogens is 593 g/mol. The van der Waals surface area contributed by atoms with Crippen LogP contribution in [0.4, 0.5) is 10.1 Å². The van der Waals surface area contributed by atoms with Crippen molar-refractivity contribution in [3.63, 3.8) is 0 Å². The zero-order valence-corrected chi connectivity index (χ0v) is 27.2. The first-order valence-electron chi connectivity index (χ1n) is 16.5. The summed E-state index contributed by atoms with van der Waals surface area (Å²) in [4.78, 5) is 33.7. The third-order valence-corrected chi connectivity index (χ3v) is 8.35. The molecule has 0 unspecified atom stereocenters. The first kappa shape index (κ1) is 33.7. The first-order valence-corrected chi connectivity index (χ1v) is 16.5. The predicted molar refractivity (Wildman–Crippen MR) is 183 cm³/mol. The van der Waals surface area contributed by atoms with Crippen molar-refractivity contribution in [2.45, 2.75) is 45.7 Å². The summed E-state index contributed by atoms with van der Waals surface area (Å²) in [6.45, 7) is 6.08. The Morgan fingerprint density at radius 1 is 0.745 bits per heavy atom. The summed E-state index contributed by atoms with van der Waals surface area (Å²) in [5, 5.41) is 0. The van der Waals surface area contributed by atoms with E-state index in [2.05, 4.69) is 29.2 Å². The van der Waals surface area contributed by atoms with Crippen LogP contribution in [-0.4, -0.2) is 61.0 Å². The van der Waals surface area contributed by atoms with Crippen molar-refractivity contribution < 1.29 is 23.5 Å². The molecule has 0 bridgehead atoms. The van der Waals surface area contributed by atoms with Crippen LogP contribution in [-0.2, 0) is 22.7 Å². The van der Waals surface area contributed by atoms with Crippen LogP contribution in [0.1, 0.15) is 42.4 Å². The second-order valence-corrected chi connectivity index (χ2v) is 11.9. The van der Waals surface area contributed by atoms with E-state index in [1.807, 2.05) is 71.3 Å². The summed E-state index contributed by atoms with van der Waals surface area (Å²) in [7, 11) is 0. The third-order valence-electron chi connectivity index (χ3n) is 8.35. The molecule has 1 heterocycles. The van der Waals surface area contributed by atoms with E-state index in [4.69, 9.17) is 9.47 Å². The molecule has 0 radical (unpaired) electrons. The van der Waals surface area contributed by atoms with Crippen molar-refractivity contribution in [3.05, 3.63) is 126 Å². The van der Waals surface area contributed by atoms with E-state index in [-0.39, 0.29) is 37.2 Å². The Hall–Kier alpha value is -4.69. The highest BCUT2D eigenvalue weighted by Crippen LogP contribution is 2.28. The molecule has 0 fully saturated rings. The highest BCUT2D eigenvalue weighted by molar-refractivity contribution is 5.96. The van der Waals surface area contributed by atoms with Gasteiger partial charge in [-0.05, 0) is 67.1 Å². The Labute approximate surface area is 277 Å². The molecule has 0 spiro atoms. The van der Waals surface area contributed by atoms with Crippen LogP contribution in [0, 0.1) is 12.7 Å². The Bertz CT molecular complexity index is 1580. The lowest BCUT2D eigenvalue weighted by Crippen LogP contribution is -2.40. The number of rotatable bonds is 10. The van der Waals surface area contributed by atoms with Gasteiger partial charge in [-0.15, -0.1) is 0 Å². The van der Waals surface area contributed by atoms with Gasteiger partial charge in [0.15, 0.2) is 18.2 Å². The van der Waals surface area contributed by atoms with Gasteiger partial charge in [0, 0.05) is 45.7 Å². The molecule has 1 aliphatic heterocycles. The normalized spacial score (nSPS) is 14.4. The SMILES string of the molecule is Cc1cccc2c1N(C(=O)COc1ccccc1)CCCN(Cc1ccccc1)CCCN(C(=O)CCCOc1ccccc1F)C2. The largest absolute Gasteiger partial charge is 0.491 e. The number of fused-ring (bicyclic) bond motifs is 1. The molecule has 0 aliphatic carbocycles. The number of carbonyl (C=O) groups is 2. The second-order valence-electron chi connectivity index (χ2n) is 11.9. The number of anilines is 1. The molecule has 1 aliphatic rings. The number of halogens is 1. The van der Waals surface area contributed by atoms with Gasteiger partial charge in [0.1, 0.15) is 5.75 Å². The van der Waals surface area contributed by atoms with Crippen molar-refractivity contribution >= 4 is 17.5 Å². The van der Waals surface area contributed by atoms with Crippen LogP contribution in [0.5, 0.6) is 11.5 Å². The van der Waals surface area contributed by atoms with Crippen molar-refractivity contribution in [3.8, 4) is 11.5 Å². The monoisotopic (exact) mass is 637 g/mol. The van der Waals surface area contributed by atoms with Gasteiger partial charge in [-0.2, -0.15) is 0 Å². The van der Waals surface area contributed by atoms with Gasteiger partial charge in [-0.25, -0.2) is 4.39 Å². The zero-order valence-electron chi connectivity index (χ0n) is 27.2. The molecule has 47 heavy (non-hydrogen) atoms. The molecule has 0 atom stereocenters. The fraction of sp³-hybridized carbons (Fsp3) is 0.333. The smallest absolute Gasteiger partial charge is 0.264 e. The number of hydrogen-bond donors (Lipinski definition) is 0. The fourth-order valence-electron chi connectivity index (χ4n) is 6.01. The molecule has 0 N–H and O–H groups in total. The molecule has 4 aromatic carbocycles. The molecule has 0 saturated carbocycles. The Kier molecular flexibility index (Phi) is 12.4. The molecule has 0 saturated heterocycles. The van der Waals surface area contributed by atoms with E-state index in [9.17, 15) is 14.0 Å².